The molecule has 3 N–H and O–H groups in total. The molecule has 1 aliphatic rings. The minimum atomic E-state index is -1.25. The minimum absolute atomic E-state index is 0.0543. The number of hydrogen-bond acceptors (Lipinski definition) is 7. The van der Waals surface area contributed by atoms with E-state index >= 15 is 0 Å². The van der Waals surface area contributed by atoms with Crippen molar-refractivity contribution in [3.8, 4) is 0 Å². The highest BCUT2D eigenvalue weighted by Crippen LogP contribution is 2.46. The first kappa shape index (κ1) is 32.7. The molecule has 1 heterocycles. The number of rotatable bonds is 8. The lowest BCUT2D eigenvalue weighted by molar-refractivity contribution is -0.120. The van der Waals surface area contributed by atoms with Crippen LogP contribution in [0.1, 0.15) is 81.7 Å². The molecule has 1 aliphatic heterocycles. The molecule has 3 aromatic rings. The number of carboxylic acids is 2. The van der Waals surface area contributed by atoms with Crippen LogP contribution in [0.4, 0.5) is 4.79 Å². The number of amides is 2. The summed E-state index contributed by atoms with van der Waals surface area (Å²) in [7, 11) is 0. The Morgan fingerprint density at radius 2 is 1.31 bits per heavy atom. The van der Waals surface area contributed by atoms with E-state index in [9.17, 15) is 34.2 Å². The summed E-state index contributed by atoms with van der Waals surface area (Å²) in [4.78, 5) is 65.8. The second-order valence-corrected chi connectivity index (χ2v) is 11.8. The molecule has 0 saturated carbocycles. The molecule has 11 heteroatoms. The van der Waals surface area contributed by atoms with Gasteiger partial charge in [-0.05, 0) is 56.2 Å². The molecular formula is C34H36N2O9. The zero-order valence-electron chi connectivity index (χ0n) is 25.4. The van der Waals surface area contributed by atoms with E-state index in [0.717, 1.165) is 0 Å². The van der Waals surface area contributed by atoms with Gasteiger partial charge in [0.15, 0.2) is 0 Å². The van der Waals surface area contributed by atoms with E-state index < -0.39 is 59.4 Å². The van der Waals surface area contributed by atoms with Crippen LogP contribution in [0.15, 0.2) is 78.9 Å². The fourth-order valence-corrected chi connectivity index (χ4v) is 5.86. The third kappa shape index (κ3) is 7.67. The number of esters is 1. The standard InChI is InChI=1S/C34H36N2O9/c1-20(37)35-26-18-36(33(43)45-34(2,3)4)27(19-44-32(42)21-12-6-5-7-13-21)29(23-15-9-11-17-25(23)31(40)41)28(26)22-14-8-10-16-24(22)30(38)39/h5-17,26-29H,18-19H2,1-4H3,(H,35,37)(H,38,39)(H,40,41)/t26-,27+,28-,29+/m1/s1. The Hall–Kier alpha value is -5.19. The lowest BCUT2D eigenvalue weighted by Gasteiger charge is -2.50. The summed E-state index contributed by atoms with van der Waals surface area (Å²) in [6.45, 7) is 5.83. The highest BCUT2D eigenvalue weighted by Gasteiger charge is 2.50. The van der Waals surface area contributed by atoms with Gasteiger partial charge in [0.05, 0.1) is 28.8 Å². The molecule has 236 valence electrons. The molecule has 4 atom stereocenters. The minimum Gasteiger partial charge on any atom is -0.478 e. The number of ether oxygens (including phenoxy) is 2. The molecule has 1 saturated heterocycles. The molecule has 11 nitrogen and oxygen atoms in total. The summed E-state index contributed by atoms with van der Waals surface area (Å²) >= 11 is 0. The van der Waals surface area contributed by atoms with Gasteiger partial charge in [-0.1, -0.05) is 54.6 Å². The van der Waals surface area contributed by atoms with Crippen LogP contribution in [-0.4, -0.2) is 75.9 Å². The molecule has 45 heavy (non-hydrogen) atoms. The van der Waals surface area contributed by atoms with E-state index in [2.05, 4.69) is 5.32 Å². The third-order valence-corrected chi connectivity index (χ3v) is 7.54. The molecule has 4 rings (SSSR count). The maximum Gasteiger partial charge on any atom is 0.410 e. The number of nitrogens with zero attached hydrogens (tertiary/aromatic N) is 1. The van der Waals surface area contributed by atoms with Crippen LogP contribution in [0, 0.1) is 0 Å². The van der Waals surface area contributed by atoms with E-state index in [0.29, 0.717) is 5.56 Å². The van der Waals surface area contributed by atoms with Gasteiger partial charge in [-0.3, -0.25) is 9.69 Å². The fraction of sp³-hybridized carbons (Fsp3) is 0.324. The molecule has 3 aromatic carbocycles. The number of carbonyl (C=O) groups is 5. The van der Waals surface area contributed by atoms with E-state index in [1.165, 1.54) is 24.0 Å². The summed E-state index contributed by atoms with van der Waals surface area (Å²) in [5.41, 5.74) is -0.221. The highest BCUT2D eigenvalue weighted by molar-refractivity contribution is 5.91. The summed E-state index contributed by atoms with van der Waals surface area (Å²) in [5, 5.41) is 23.3. The average Bonchev–Trinajstić information content (AvgIpc) is 2.98. The quantitative estimate of drug-likeness (QED) is 0.298. The van der Waals surface area contributed by atoms with Gasteiger partial charge in [-0.2, -0.15) is 0 Å². The Morgan fingerprint density at radius 1 is 0.800 bits per heavy atom. The van der Waals surface area contributed by atoms with Crippen molar-refractivity contribution in [3.05, 3.63) is 107 Å². The number of nitrogens with one attached hydrogen (secondary N) is 1. The molecule has 2 amide bonds. The largest absolute Gasteiger partial charge is 0.478 e. The summed E-state index contributed by atoms with van der Waals surface area (Å²) in [5.74, 6) is -5.45. The first-order valence-corrected chi connectivity index (χ1v) is 14.4. The second kappa shape index (κ2) is 13.6. The monoisotopic (exact) mass is 616 g/mol. The van der Waals surface area contributed by atoms with Gasteiger partial charge in [0.2, 0.25) is 5.91 Å². The lowest BCUT2D eigenvalue weighted by atomic mass is 9.68. The van der Waals surface area contributed by atoms with Crippen LogP contribution < -0.4 is 5.32 Å². The number of aromatic carboxylic acids is 2. The Morgan fingerprint density at radius 3 is 1.82 bits per heavy atom. The Balaban J connectivity index is 1.97. The van der Waals surface area contributed by atoms with Gasteiger partial charge in [0, 0.05) is 25.3 Å². The van der Waals surface area contributed by atoms with Gasteiger partial charge in [-0.15, -0.1) is 0 Å². The van der Waals surface area contributed by atoms with E-state index in [4.69, 9.17) is 9.47 Å². The molecular weight excluding hydrogens is 580 g/mol. The van der Waals surface area contributed by atoms with Crippen molar-refractivity contribution >= 4 is 29.9 Å². The Bertz CT molecular complexity index is 1580. The van der Waals surface area contributed by atoms with Crippen LogP contribution in [-0.2, 0) is 14.3 Å². The Kier molecular flexibility index (Phi) is 9.91. The first-order chi connectivity index (χ1) is 21.3. The van der Waals surface area contributed by atoms with Crippen LogP contribution in [0.2, 0.25) is 0 Å². The summed E-state index contributed by atoms with van der Waals surface area (Å²) < 4.78 is 11.5. The SMILES string of the molecule is CC(=O)N[C@@H]1CN(C(=O)OC(C)(C)C)[C@@H](COC(=O)c2ccccc2)[C@H](c2ccccc2C(=O)O)[C@@H]1c1ccccc1C(=O)O. The zero-order valence-corrected chi connectivity index (χ0v) is 25.4. The molecule has 0 spiro atoms. The number of hydrogen-bond donors (Lipinski definition) is 3. The molecule has 0 radical (unpaired) electrons. The van der Waals surface area contributed by atoms with Crippen molar-refractivity contribution in [1.29, 1.82) is 0 Å². The van der Waals surface area contributed by atoms with Gasteiger partial charge >= 0.3 is 24.0 Å². The van der Waals surface area contributed by atoms with Crippen molar-refractivity contribution < 1.29 is 43.7 Å². The first-order valence-electron chi connectivity index (χ1n) is 14.4. The van der Waals surface area contributed by atoms with Crippen LogP contribution in [0.25, 0.3) is 0 Å². The number of likely N-dealkylation sites (tertiary alicyclic amines) is 1. The van der Waals surface area contributed by atoms with Crippen molar-refractivity contribution in [2.45, 2.75) is 57.2 Å². The molecule has 0 aliphatic carbocycles. The topological polar surface area (TPSA) is 160 Å². The van der Waals surface area contributed by atoms with Crippen LogP contribution in [0.3, 0.4) is 0 Å². The average molecular weight is 617 g/mol. The highest BCUT2D eigenvalue weighted by atomic mass is 16.6. The van der Waals surface area contributed by atoms with Crippen molar-refractivity contribution in [2.75, 3.05) is 13.2 Å². The van der Waals surface area contributed by atoms with Crippen molar-refractivity contribution in [1.82, 2.24) is 10.2 Å². The van der Waals surface area contributed by atoms with Crippen molar-refractivity contribution in [3.63, 3.8) is 0 Å². The van der Waals surface area contributed by atoms with Gasteiger partial charge in [0.1, 0.15) is 12.2 Å². The van der Waals surface area contributed by atoms with Gasteiger partial charge in [0.25, 0.3) is 0 Å². The maximum atomic E-state index is 13.8. The van der Waals surface area contributed by atoms with E-state index in [1.807, 2.05) is 0 Å². The Labute approximate surface area is 260 Å². The number of benzene rings is 3. The number of carbonyl (C=O) groups excluding carboxylic acids is 3. The number of carboxylic acid groups (broad SMARTS) is 2. The molecule has 0 unspecified atom stereocenters. The van der Waals surface area contributed by atoms with E-state index in [-0.39, 0.29) is 35.4 Å². The van der Waals surface area contributed by atoms with Crippen LogP contribution in [0.5, 0.6) is 0 Å². The lowest BCUT2D eigenvalue weighted by Crippen LogP contribution is -2.62. The fourth-order valence-electron chi connectivity index (χ4n) is 5.86. The van der Waals surface area contributed by atoms with Crippen molar-refractivity contribution in [2.24, 2.45) is 0 Å². The summed E-state index contributed by atoms with van der Waals surface area (Å²) in [6, 6.07) is 18.7. The van der Waals surface area contributed by atoms with E-state index in [1.54, 1.807) is 87.5 Å². The van der Waals surface area contributed by atoms with Crippen LogP contribution >= 0.6 is 0 Å². The van der Waals surface area contributed by atoms with Gasteiger partial charge in [-0.25, -0.2) is 19.2 Å². The molecule has 0 aromatic heterocycles. The zero-order chi connectivity index (χ0) is 32.9. The third-order valence-electron chi connectivity index (χ3n) is 7.54. The van der Waals surface area contributed by atoms with Gasteiger partial charge < -0.3 is 25.0 Å². The predicted molar refractivity (Wildman–Crippen MR) is 163 cm³/mol. The normalized spacial score (nSPS) is 19.7. The molecule has 0 bridgehead atoms. The predicted octanol–water partition coefficient (Wildman–Crippen LogP) is 4.93. The molecule has 1 fully saturated rings. The summed E-state index contributed by atoms with van der Waals surface area (Å²) in [6.07, 6.45) is -0.776. The smallest absolute Gasteiger partial charge is 0.410 e. The second-order valence-electron chi connectivity index (χ2n) is 11.8. The number of piperidine rings is 1. The maximum absolute atomic E-state index is 13.8.